The second-order valence-corrected chi connectivity index (χ2v) is 10.9. The number of hydrogen-bond donors (Lipinski definition) is 1. The van der Waals surface area contributed by atoms with E-state index in [1.54, 1.807) is 30.5 Å². The lowest BCUT2D eigenvalue weighted by atomic mass is 10.1. The maximum absolute atomic E-state index is 12.0. The molecule has 0 radical (unpaired) electrons. The van der Waals surface area contributed by atoms with E-state index in [-0.39, 0.29) is 18.2 Å². The van der Waals surface area contributed by atoms with Gasteiger partial charge >= 0.3 is 0 Å². The van der Waals surface area contributed by atoms with Gasteiger partial charge in [0.2, 0.25) is 0 Å². The molecule has 2 aliphatic heterocycles. The molecule has 4 aromatic rings. The summed E-state index contributed by atoms with van der Waals surface area (Å²) in [6.07, 6.45) is 3.13. The molecule has 0 unspecified atom stereocenters. The fourth-order valence-electron chi connectivity index (χ4n) is 5.58. The molecular formula is C30H25ClN6O4. The maximum atomic E-state index is 12.0. The van der Waals surface area contributed by atoms with Crippen molar-refractivity contribution in [3.63, 3.8) is 0 Å². The Labute approximate surface area is 240 Å². The van der Waals surface area contributed by atoms with Crippen molar-refractivity contribution in [1.82, 2.24) is 19.9 Å². The van der Waals surface area contributed by atoms with E-state index >= 15 is 0 Å². The predicted octanol–water partition coefficient (Wildman–Crippen LogP) is 4.84. The summed E-state index contributed by atoms with van der Waals surface area (Å²) >= 11 is 6.47. The molecule has 0 amide bonds. The zero-order chi connectivity index (χ0) is 27.9. The Morgan fingerprint density at radius 2 is 1.98 bits per heavy atom. The predicted molar refractivity (Wildman–Crippen MR) is 153 cm³/mol. The minimum absolute atomic E-state index is 0.0711. The number of nitrogens with one attached hydrogen (secondary N) is 1. The van der Waals surface area contributed by atoms with Crippen LogP contribution < -0.4 is 10.1 Å². The van der Waals surface area contributed by atoms with E-state index < -0.39 is 4.92 Å². The third-order valence-electron chi connectivity index (χ3n) is 7.98. The van der Waals surface area contributed by atoms with Gasteiger partial charge in [0.1, 0.15) is 30.1 Å². The van der Waals surface area contributed by atoms with Crippen LogP contribution in [0.2, 0.25) is 5.02 Å². The number of fused-ring (bicyclic) bond motifs is 2. The summed E-state index contributed by atoms with van der Waals surface area (Å²) in [5.41, 5.74) is 2.28. The number of halogens is 1. The molecular weight excluding hydrogens is 544 g/mol. The van der Waals surface area contributed by atoms with Gasteiger partial charge in [0.25, 0.3) is 5.69 Å². The molecule has 3 aliphatic rings. The minimum atomic E-state index is -0.406. The summed E-state index contributed by atoms with van der Waals surface area (Å²) in [5.74, 6) is 8.72. The summed E-state index contributed by atoms with van der Waals surface area (Å²) < 4.78 is 11.1. The van der Waals surface area contributed by atoms with Gasteiger partial charge in [-0.15, -0.1) is 0 Å². The fourth-order valence-corrected chi connectivity index (χ4v) is 5.81. The van der Waals surface area contributed by atoms with Crippen molar-refractivity contribution in [3.05, 3.63) is 87.4 Å². The van der Waals surface area contributed by atoms with Gasteiger partial charge < -0.3 is 14.8 Å². The van der Waals surface area contributed by atoms with Gasteiger partial charge in [-0.25, -0.2) is 9.97 Å². The van der Waals surface area contributed by atoms with Crippen molar-refractivity contribution in [2.75, 3.05) is 31.6 Å². The Morgan fingerprint density at radius 3 is 2.68 bits per heavy atom. The van der Waals surface area contributed by atoms with Crippen LogP contribution in [0.25, 0.3) is 10.9 Å². The molecule has 1 aliphatic carbocycles. The highest BCUT2D eigenvalue weighted by molar-refractivity contribution is 6.32. The topological polar surface area (TPSA) is 116 Å². The Hall–Kier alpha value is -4.30. The molecule has 41 heavy (non-hydrogen) atoms. The lowest BCUT2D eigenvalue weighted by Gasteiger charge is -2.35. The number of hydrogen-bond acceptors (Lipinski definition) is 9. The maximum Gasteiger partial charge on any atom is 0.285 e. The van der Waals surface area contributed by atoms with E-state index in [2.05, 4.69) is 37.0 Å². The van der Waals surface area contributed by atoms with Crippen LogP contribution in [0.5, 0.6) is 5.75 Å². The largest absolute Gasteiger partial charge is 0.486 e. The second kappa shape index (κ2) is 10.6. The quantitative estimate of drug-likeness (QED) is 0.190. The highest BCUT2D eigenvalue weighted by Gasteiger charge is 2.56. The number of aromatic nitrogens is 3. The first kappa shape index (κ1) is 25.7. The lowest BCUT2D eigenvalue weighted by molar-refractivity contribution is -0.385. The van der Waals surface area contributed by atoms with Crippen LogP contribution in [0.4, 0.5) is 17.2 Å². The SMILES string of the molecule is O=[N+]([O-])c1cc2c(Nc3ccc(OCc4ccccn4)c(Cl)c3)ncnc2cc1C#C[C@H]1[C@H]2CN(C3COC3)C[C@@H]12. The van der Waals surface area contributed by atoms with E-state index in [1.165, 1.54) is 12.4 Å². The van der Waals surface area contributed by atoms with Crippen LogP contribution in [0, 0.1) is 39.7 Å². The van der Waals surface area contributed by atoms with Gasteiger partial charge in [-0.3, -0.25) is 20.0 Å². The summed E-state index contributed by atoms with van der Waals surface area (Å²) in [5, 5.41) is 16.1. The van der Waals surface area contributed by atoms with Crippen molar-refractivity contribution < 1.29 is 14.4 Å². The normalized spacial score (nSPS) is 21.4. The third-order valence-corrected chi connectivity index (χ3v) is 8.27. The Bertz CT molecular complexity index is 1690. The molecule has 0 spiro atoms. The second-order valence-electron chi connectivity index (χ2n) is 10.5. The lowest BCUT2D eigenvalue weighted by Crippen LogP contribution is -2.48. The monoisotopic (exact) mass is 568 g/mol. The molecule has 1 saturated carbocycles. The molecule has 206 valence electrons. The number of anilines is 2. The molecule has 3 fully saturated rings. The number of nitro benzene ring substituents is 1. The number of ether oxygens (including phenoxy) is 2. The minimum Gasteiger partial charge on any atom is -0.486 e. The highest BCUT2D eigenvalue weighted by atomic mass is 35.5. The molecule has 3 atom stereocenters. The molecule has 2 aromatic heterocycles. The van der Waals surface area contributed by atoms with Gasteiger partial charge in [0.15, 0.2) is 0 Å². The van der Waals surface area contributed by atoms with Crippen LogP contribution in [0.3, 0.4) is 0 Å². The smallest absolute Gasteiger partial charge is 0.285 e. The standard InChI is InChI=1S/C30H25ClN6O4/c31-26-10-19(5-7-29(26)41-14-20-3-1-2-8-32-20)35-30-23-11-28(37(38)39)18(9-27(23)33-17-34-30)4-6-22-24-12-36(13-25(22)24)21-15-40-16-21/h1-3,5,7-11,17,21-22,24-25H,12-16H2,(H,33,34,35)/t22-,24+,25-. The number of nitrogens with zero attached hydrogens (tertiary/aromatic N) is 5. The average molecular weight is 569 g/mol. The van der Waals surface area contributed by atoms with Gasteiger partial charge in [-0.05, 0) is 48.2 Å². The molecule has 2 saturated heterocycles. The molecule has 7 rings (SSSR count). The number of likely N-dealkylation sites (tertiary alicyclic amines) is 1. The Balaban J connectivity index is 1.09. The van der Waals surface area contributed by atoms with E-state index in [4.69, 9.17) is 21.1 Å². The number of pyridine rings is 1. The van der Waals surface area contributed by atoms with Crippen molar-refractivity contribution in [3.8, 4) is 17.6 Å². The van der Waals surface area contributed by atoms with Crippen LogP contribution >= 0.6 is 11.6 Å². The fraction of sp³-hybridized carbons (Fsp3) is 0.300. The number of benzene rings is 2. The van der Waals surface area contributed by atoms with E-state index in [0.717, 1.165) is 32.0 Å². The van der Waals surface area contributed by atoms with E-state index in [1.807, 2.05) is 18.2 Å². The molecule has 11 heteroatoms. The Morgan fingerprint density at radius 1 is 1.12 bits per heavy atom. The van der Waals surface area contributed by atoms with Crippen molar-refractivity contribution >= 4 is 39.7 Å². The van der Waals surface area contributed by atoms with Crippen LogP contribution in [0.1, 0.15) is 11.3 Å². The molecule has 2 aromatic carbocycles. The first-order valence-corrected chi connectivity index (χ1v) is 13.8. The van der Waals surface area contributed by atoms with Gasteiger partial charge in [-0.1, -0.05) is 29.5 Å². The van der Waals surface area contributed by atoms with Crippen LogP contribution in [-0.4, -0.2) is 57.1 Å². The summed E-state index contributed by atoms with van der Waals surface area (Å²) in [6.45, 7) is 3.98. The average Bonchev–Trinajstić information content (AvgIpc) is 3.40. The zero-order valence-corrected chi connectivity index (χ0v) is 22.6. The van der Waals surface area contributed by atoms with E-state index in [9.17, 15) is 10.1 Å². The summed E-state index contributed by atoms with van der Waals surface area (Å²) in [7, 11) is 0. The third kappa shape index (κ3) is 5.15. The van der Waals surface area contributed by atoms with Gasteiger partial charge in [0, 0.05) is 42.3 Å². The summed E-state index contributed by atoms with van der Waals surface area (Å²) in [4.78, 5) is 27.0. The molecule has 1 N–H and O–H groups in total. The molecule has 0 bridgehead atoms. The number of nitro groups is 1. The first-order chi connectivity index (χ1) is 20.0. The first-order valence-electron chi connectivity index (χ1n) is 13.4. The highest BCUT2D eigenvalue weighted by Crippen LogP contribution is 2.52. The zero-order valence-electron chi connectivity index (χ0n) is 21.9. The molecule has 10 nitrogen and oxygen atoms in total. The van der Waals surface area contributed by atoms with Crippen LogP contribution in [0.15, 0.2) is 61.1 Å². The number of piperidine rings is 1. The van der Waals surface area contributed by atoms with Crippen molar-refractivity contribution in [1.29, 1.82) is 0 Å². The number of rotatable bonds is 7. The van der Waals surface area contributed by atoms with Crippen molar-refractivity contribution in [2.24, 2.45) is 17.8 Å². The van der Waals surface area contributed by atoms with Crippen LogP contribution in [-0.2, 0) is 11.3 Å². The molecule has 4 heterocycles. The van der Waals surface area contributed by atoms with E-state index in [0.29, 0.717) is 56.6 Å². The Kier molecular flexibility index (Phi) is 6.63. The van der Waals surface area contributed by atoms with Gasteiger partial charge in [-0.2, -0.15) is 0 Å². The van der Waals surface area contributed by atoms with Gasteiger partial charge in [0.05, 0.1) is 40.4 Å². The van der Waals surface area contributed by atoms with Crippen molar-refractivity contribution in [2.45, 2.75) is 12.6 Å². The summed E-state index contributed by atoms with van der Waals surface area (Å²) in [6, 6.07) is 14.6.